The number of carbonyl (C=O) groups excluding carboxylic acids is 1. The normalized spacial score (nSPS) is 26.4. The van der Waals surface area contributed by atoms with Gasteiger partial charge in [0.1, 0.15) is 5.82 Å². The molecule has 0 aliphatic heterocycles. The summed E-state index contributed by atoms with van der Waals surface area (Å²) >= 11 is 0. The molecule has 0 heterocycles. The van der Waals surface area contributed by atoms with Crippen molar-refractivity contribution in [3.05, 3.63) is 47.8 Å². The largest absolute Gasteiger partial charge is 0.396 e. The van der Waals surface area contributed by atoms with Gasteiger partial charge in [-0.25, -0.2) is 4.39 Å². The minimum atomic E-state index is -0.501. The number of halogens is 1. The lowest BCUT2D eigenvalue weighted by Gasteiger charge is -2.41. The lowest BCUT2D eigenvalue weighted by atomic mass is 9.63. The molecule has 2 aliphatic rings. The number of aliphatic hydroxyl groups is 1. The first-order valence-electron chi connectivity index (χ1n) is 7.50. The number of nitrogens with one attached hydrogen (secondary N) is 1. The summed E-state index contributed by atoms with van der Waals surface area (Å²) in [5.41, 5.74) is 0.395. The summed E-state index contributed by atoms with van der Waals surface area (Å²) in [5.74, 6) is -0.120. The van der Waals surface area contributed by atoms with Crippen molar-refractivity contribution in [2.45, 2.75) is 37.1 Å². The molecule has 0 saturated heterocycles. The molecule has 0 unspecified atom stereocenters. The zero-order valence-corrected chi connectivity index (χ0v) is 11.9. The molecule has 1 saturated carbocycles. The molecule has 2 atom stereocenters. The Balaban J connectivity index is 1.72. The topological polar surface area (TPSA) is 49.3 Å². The van der Waals surface area contributed by atoms with Crippen LogP contribution in [-0.4, -0.2) is 23.7 Å². The molecule has 0 aromatic heterocycles. The summed E-state index contributed by atoms with van der Waals surface area (Å²) in [5, 5.41) is 12.2. The van der Waals surface area contributed by atoms with Crippen molar-refractivity contribution < 1.29 is 14.3 Å². The maximum atomic E-state index is 13.1. The highest BCUT2D eigenvalue weighted by atomic mass is 19.1. The van der Waals surface area contributed by atoms with Gasteiger partial charge in [0.15, 0.2) is 0 Å². The Morgan fingerprint density at radius 1 is 1.29 bits per heavy atom. The van der Waals surface area contributed by atoms with Gasteiger partial charge in [0.05, 0.1) is 5.41 Å². The smallest absolute Gasteiger partial charge is 0.231 e. The van der Waals surface area contributed by atoms with Gasteiger partial charge in [-0.1, -0.05) is 30.7 Å². The van der Waals surface area contributed by atoms with Crippen LogP contribution in [0.4, 0.5) is 4.39 Å². The zero-order valence-electron chi connectivity index (χ0n) is 11.9. The van der Waals surface area contributed by atoms with Gasteiger partial charge in [-0.3, -0.25) is 4.79 Å². The van der Waals surface area contributed by atoms with Crippen molar-refractivity contribution >= 4 is 5.91 Å². The maximum Gasteiger partial charge on any atom is 0.231 e. The van der Waals surface area contributed by atoms with Crippen LogP contribution in [0.5, 0.6) is 0 Å². The second kappa shape index (κ2) is 5.60. The third-order valence-electron chi connectivity index (χ3n) is 4.76. The van der Waals surface area contributed by atoms with Gasteiger partial charge in [-0.05, 0) is 37.0 Å². The highest BCUT2D eigenvalue weighted by Crippen LogP contribution is 2.44. The molecule has 1 aromatic carbocycles. The van der Waals surface area contributed by atoms with Crippen LogP contribution in [0.1, 0.15) is 31.2 Å². The SMILES string of the molecule is O=C(N[C@@H]1C=C[C@H](CO)C1)C1(c2ccc(F)cc2)CCC1. The monoisotopic (exact) mass is 289 g/mol. The molecular formula is C17H20FNO2. The number of carbonyl (C=O) groups is 1. The van der Waals surface area contributed by atoms with Gasteiger partial charge in [0.25, 0.3) is 0 Å². The second-order valence-corrected chi connectivity index (χ2v) is 6.09. The number of amides is 1. The molecular weight excluding hydrogens is 269 g/mol. The number of hydrogen-bond donors (Lipinski definition) is 2. The standard InChI is InChI=1S/C17H20FNO2/c18-14-5-3-13(4-6-14)17(8-1-9-17)16(21)19-15-7-2-12(10-15)11-20/h2-7,12,15,20H,1,8-11H2,(H,19,21)/t12-,15+/m0/s1. The molecule has 0 radical (unpaired) electrons. The zero-order chi connectivity index (χ0) is 14.9. The van der Waals surface area contributed by atoms with Gasteiger partial charge in [0.2, 0.25) is 5.91 Å². The van der Waals surface area contributed by atoms with Gasteiger partial charge >= 0.3 is 0 Å². The van der Waals surface area contributed by atoms with Crippen molar-refractivity contribution in [3.8, 4) is 0 Å². The molecule has 112 valence electrons. The highest BCUT2D eigenvalue weighted by Gasteiger charge is 2.46. The van der Waals surface area contributed by atoms with E-state index in [0.29, 0.717) is 0 Å². The maximum absolute atomic E-state index is 13.1. The lowest BCUT2D eigenvalue weighted by Crippen LogP contribution is -2.51. The molecule has 2 aliphatic carbocycles. The van der Waals surface area contributed by atoms with E-state index in [4.69, 9.17) is 5.11 Å². The van der Waals surface area contributed by atoms with Gasteiger partial charge in [0, 0.05) is 18.6 Å². The molecule has 3 nitrogen and oxygen atoms in total. The number of aliphatic hydroxyl groups excluding tert-OH is 1. The van der Waals surface area contributed by atoms with E-state index in [0.717, 1.165) is 31.2 Å². The van der Waals surface area contributed by atoms with E-state index in [9.17, 15) is 9.18 Å². The highest BCUT2D eigenvalue weighted by molar-refractivity contribution is 5.89. The number of benzene rings is 1. The molecule has 2 N–H and O–H groups in total. The third-order valence-corrected chi connectivity index (χ3v) is 4.76. The van der Waals surface area contributed by atoms with Gasteiger partial charge < -0.3 is 10.4 Å². The van der Waals surface area contributed by atoms with Crippen molar-refractivity contribution in [1.82, 2.24) is 5.32 Å². The first kappa shape index (κ1) is 14.3. The Labute approximate surface area is 123 Å². The predicted octanol–water partition coefficient (Wildman–Crippen LogP) is 2.30. The molecule has 0 spiro atoms. The molecule has 3 rings (SSSR count). The average molecular weight is 289 g/mol. The summed E-state index contributed by atoms with van der Waals surface area (Å²) in [6.07, 6.45) is 7.30. The van der Waals surface area contributed by atoms with E-state index in [1.165, 1.54) is 12.1 Å². The van der Waals surface area contributed by atoms with E-state index >= 15 is 0 Å². The van der Waals surface area contributed by atoms with E-state index in [1.807, 2.05) is 12.2 Å². The van der Waals surface area contributed by atoms with Gasteiger partial charge in [-0.15, -0.1) is 0 Å². The molecule has 1 fully saturated rings. The summed E-state index contributed by atoms with van der Waals surface area (Å²) < 4.78 is 13.1. The Morgan fingerprint density at radius 2 is 2.00 bits per heavy atom. The molecule has 1 aromatic rings. The van der Waals surface area contributed by atoms with Crippen LogP contribution in [0.25, 0.3) is 0 Å². The Morgan fingerprint density at radius 3 is 2.52 bits per heavy atom. The minimum absolute atomic E-state index is 0.00688. The van der Waals surface area contributed by atoms with Crippen molar-refractivity contribution in [1.29, 1.82) is 0 Å². The summed E-state index contributed by atoms with van der Waals surface area (Å²) in [6, 6.07) is 6.26. The van der Waals surface area contributed by atoms with Crippen molar-refractivity contribution in [2.24, 2.45) is 5.92 Å². The van der Waals surface area contributed by atoms with Gasteiger partial charge in [-0.2, -0.15) is 0 Å². The van der Waals surface area contributed by atoms with Crippen molar-refractivity contribution in [3.63, 3.8) is 0 Å². The minimum Gasteiger partial charge on any atom is -0.396 e. The third kappa shape index (κ3) is 2.60. The predicted molar refractivity (Wildman–Crippen MR) is 78.2 cm³/mol. The van der Waals surface area contributed by atoms with E-state index < -0.39 is 5.41 Å². The first-order valence-corrected chi connectivity index (χ1v) is 7.50. The van der Waals surface area contributed by atoms with Crippen LogP contribution >= 0.6 is 0 Å². The molecule has 0 bridgehead atoms. The van der Waals surface area contributed by atoms with Crippen LogP contribution in [0.2, 0.25) is 0 Å². The lowest BCUT2D eigenvalue weighted by molar-refractivity contribution is -0.130. The first-order chi connectivity index (χ1) is 10.1. The Kier molecular flexibility index (Phi) is 3.81. The fraction of sp³-hybridized carbons (Fsp3) is 0.471. The quantitative estimate of drug-likeness (QED) is 0.836. The van der Waals surface area contributed by atoms with Crippen LogP contribution < -0.4 is 5.32 Å². The van der Waals surface area contributed by atoms with Crippen LogP contribution in [0.3, 0.4) is 0 Å². The van der Waals surface area contributed by atoms with Crippen LogP contribution in [0, 0.1) is 11.7 Å². The fourth-order valence-electron chi connectivity index (χ4n) is 3.27. The summed E-state index contributed by atoms with van der Waals surface area (Å²) in [7, 11) is 0. The fourth-order valence-corrected chi connectivity index (χ4v) is 3.27. The molecule has 4 heteroatoms. The average Bonchev–Trinajstić information content (AvgIpc) is 2.87. The van der Waals surface area contributed by atoms with Crippen LogP contribution in [0.15, 0.2) is 36.4 Å². The number of hydrogen-bond acceptors (Lipinski definition) is 2. The molecule has 21 heavy (non-hydrogen) atoms. The number of rotatable bonds is 4. The van der Waals surface area contributed by atoms with Crippen LogP contribution in [-0.2, 0) is 10.2 Å². The Bertz CT molecular complexity index is 548. The van der Waals surface area contributed by atoms with E-state index in [2.05, 4.69) is 5.32 Å². The Hall–Kier alpha value is -1.68. The van der Waals surface area contributed by atoms with E-state index in [-0.39, 0.29) is 30.3 Å². The van der Waals surface area contributed by atoms with E-state index in [1.54, 1.807) is 12.1 Å². The second-order valence-electron chi connectivity index (χ2n) is 6.09. The summed E-state index contributed by atoms with van der Waals surface area (Å²) in [4.78, 5) is 12.7. The molecule has 1 amide bonds. The van der Waals surface area contributed by atoms with Crippen molar-refractivity contribution in [2.75, 3.05) is 6.61 Å². The summed E-state index contributed by atoms with van der Waals surface area (Å²) in [6.45, 7) is 0.117.